The molecule has 93 valence electrons. The second-order valence-corrected chi connectivity index (χ2v) is 3.98. The predicted octanol–water partition coefficient (Wildman–Crippen LogP) is 3.53. The maximum Gasteiger partial charge on any atom is 0.388 e. The quantitative estimate of drug-likeness (QED) is 0.541. The molecule has 6 heteroatoms. The Morgan fingerprint density at radius 3 is 1.93 bits per heavy atom. The number of aliphatic imine (C=N–C) groups is 1. The largest absolute Gasteiger partial charge is 0.463 e. The van der Waals surface area contributed by atoms with E-state index in [0.717, 1.165) is 0 Å². The Hall–Kier alpha value is -0.234. The van der Waals surface area contributed by atoms with Crippen LogP contribution in [0.1, 0.15) is 34.1 Å². The Balaban J connectivity index is 0. The smallest absolute Gasteiger partial charge is 0.388 e. The summed E-state index contributed by atoms with van der Waals surface area (Å²) in [6, 6.07) is 0. The number of rotatable bonds is 2. The number of amidine groups is 1. The maximum atomic E-state index is 11.8. The molecular formula is C9H16CoF3N2-. The van der Waals surface area contributed by atoms with Gasteiger partial charge in [-0.25, -0.2) is 0 Å². The van der Waals surface area contributed by atoms with E-state index in [1.54, 1.807) is 6.92 Å². The number of halogens is 3. The molecule has 0 rings (SSSR count). The molecule has 1 radical (unpaired) electrons. The van der Waals surface area contributed by atoms with Crippen molar-refractivity contribution >= 4 is 5.84 Å². The fourth-order valence-electron chi connectivity index (χ4n) is 0.794. The summed E-state index contributed by atoms with van der Waals surface area (Å²) in [5.41, 5.74) is -0.375. The summed E-state index contributed by atoms with van der Waals surface area (Å²) in [4.78, 5) is 4.08. The first kappa shape index (κ1) is 17.2. The van der Waals surface area contributed by atoms with E-state index in [1.807, 2.05) is 20.8 Å². The van der Waals surface area contributed by atoms with Crippen molar-refractivity contribution in [2.75, 3.05) is 6.54 Å². The topological polar surface area (TPSA) is 26.5 Å². The molecule has 0 saturated carbocycles. The van der Waals surface area contributed by atoms with Crippen LogP contribution in [0.25, 0.3) is 5.32 Å². The molecule has 0 aliphatic carbocycles. The Morgan fingerprint density at radius 1 is 1.20 bits per heavy atom. The van der Waals surface area contributed by atoms with Gasteiger partial charge in [0, 0.05) is 23.3 Å². The third-order valence-corrected chi connectivity index (χ3v) is 1.22. The van der Waals surface area contributed by atoms with Gasteiger partial charge in [0.25, 0.3) is 0 Å². The SMILES string of the molecule is CCC(=NC(C)(C)C)[N-]CC(F)(F)F.[Co]. The number of hydrogen-bond donors (Lipinski definition) is 0. The average molecular weight is 268 g/mol. The van der Waals surface area contributed by atoms with E-state index in [-0.39, 0.29) is 28.2 Å². The summed E-state index contributed by atoms with van der Waals surface area (Å²) in [5.74, 6) is 0.273. The summed E-state index contributed by atoms with van der Waals surface area (Å²) < 4.78 is 35.5. The summed E-state index contributed by atoms with van der Waals surface area (Å²) in [6.07, 6.45) is -3.82. The zero-order valence-electron chi connectivity index (χ0n) is 9.28. The van der Waals surface area contributed by atoms with Crippen LogP contribution in [0.5, 0.6) is 0 Å². The van der Waals surface area contributed by atoms with Crippen molar-refractivity contribution < 1.29 is 30.0 Å². The van der Waals surface area contributed by atoms with Crippen LogP contribution in [0.2, 0.25) is 0 Å². The summed E-state index contributed by atoms with van der Waals surface area (Å²) >= 11 is 0. The molecule has 0 heterocycles. The Kier molecular flexibility index (Phi) is 7.29. The summed E-state index contributed by atoms with van der Waals surface area (Å²) in [6.45, 7) is 6.07. The summed E-state index contributed by atoms with van der Waals surface area (Å²) in [7, 11) is 0. The second-order valence-electron chi connectivity index (χ2n) is 3.98. The Labute approximate surface area is 98.9 Å². The van der Waals surface area contributed by atoms with Crippen LogP contribution >= 0.6 is 0 Å². The van der Waals surface area contributed by atoms with Crippen molar-refractivity contribution in [1.29, 1.82) is 0 Å². The minimum Gasteiger partial charge on any atom is -0.463 e. The molecule has 0 unspecified atom stereocenters. The van der Waals surface area contributed by atoms with Gasteiger partial charge in [-0.3, -0.25) is 0 Å². The van der Waals surface area contributed by atoms with Crippen molar-refractivity contribution in [3.05, 3.63) is 5.32 Å². The van der Waals surface area contributed by atoms with Crippen LogP contribution in [0.15, 0.2) is 4.99 Å². The molecule has 0 bridgehead atoms. The molecule has 2 nitrogen and oxygen atoms in total. The van der Waals surface area contributed by atoms with Crippen LogP contribution < -0.4 is 0 Å². The van der Waals surface area contributed by atoms with E-state index in [9.17, 15) is 13.2 Å². The van der Waals surface area contributed by atoms with Gasteiger partial charge in [-0.2, -0.15) is 13.2 Å². The Morgan fingerprint density at radius 2 is 1.67 bits per heavy atom. The molecule has 15 heavy (non-hydrogen) atoms. The molecule has 0 saturated heterocycles. The van der Waals surface area contributed by atoms with Gasteiger partial charge in [-0.15, -0.1) is 0 Å². The minimum atomic E-state index is -4.24. The molecule has 0 atom stereocenters. The maximum absolute atomic E-state index is 11.8. The van der Waals surface area contributed by atoms with Gasteiger partial charge in [-0.1, -0.05) is 33.5 Å². The number of alkyl halides is 3. The molecule has 0 aromatic heterocycles. The predicted molar refractivity (Wildman–Crippen MR) is 51.8 cm³/mol. The van der Waals surface area contributed by atoms with Crippen LogP contribution in [0.4, 0.5) is 13.2 Å². The van der Waals surface area contributed by atoms with Gasteiger partial charge >= 0.3 is 6.18 Å². The monoisotopic (exact) mass is 268 g/mol. The van der Waals surface area contributed by atoms with Gasteiger partial charge in [-0.05, 0) is 12.0 Å². The van der Waals surface area contributed by atoms with E-state index < -0.39 is 12.7 Å². The van der Waals surface area contributed by atoms with Crippen molar-refractivity contribution in [3.8, 4) is 0 Å². The molecule has 0 amide bonds. The second kappa shape index (κ2) is 6.37. The molecule has 0 aromatic rings. The van der Waals surface area contributed by atoms with Crippen LogP contribution in [0, 0.1) is 0 Å². The van der Waals surface area contributed by atoms with Crippen LogP contribution in [0.3, 0.4) is 0 Å². The first-order valence-corrected chi connectivity index (χ1v) is 4.47. The molecule has 0 fully saturated rings. The average Bonchev–Trinajstić information content (AvgIpc) is 1.94. The third-order valence-electron chi connectivity index (χ3n) is 1.22. The van der Waals surface area contributed by atoms with Crippen LogP contribution in [-0.2, 0) is 16.8 Å². The minimum absolute atomic E-state index is 0. The molecule has 0 aliphatic rings. The van der Waals surface area contributed by atoms with Crippen molar-refractivity contribution in [2.45, 2.75) is 45.8 Å². The van der Waals surface area contributed by atoms with E-state index in [2.05, 4.69) is 10.3 Å². The van der Waals surface area contributed by atoms with Gasteiger partial charge in [0.15, 0.2) is 0 Å². The molecule has 0 aliphatic heterocycles. The molecule has 0 N–H and O–H groups in total. The standard InChI is InChI=1S/C9H16F3N2.Co/c1-5-7(14-8(2,3)4)13-6-9(10,11)12;/h5-6H2,1-4H3;/q-1;. The van der Waals surface area contributed by atoms with E-state index in [4.69, 9.17) is 0 Å². The number of hydrogen-bond acceptors (Lipinski definition) is 1. The first-order valence-electron chi connectivity index (χ1n) is 4.47. The fraction of sp³-hybridized carbons (Fsp3) is 0.889. The number of nitrogens with zero attached hydrogens (tertiary/aromatic N) is 2. The van der Waals surface area contributed by atoms with E-state index in [1.165, 1.54) is 0 Å². The zero-order chi connectivity index (χ0) is 11.4. The van der Waals surface area contributed by atoms with Gasteiger partial charge in [0.2, 0.25) is 0 Å². The van der Waals surface area contributed by atoms with Crippen molar-refractivity contribution in [3.63, 3.8) is 0 Å². The van der Waals surface area contributed by atoms with E-state index in [0.29, 0.717) is 6.42 Å². The Bertz CT molecular complexity index is 206. The van der Waals surface area contributed by atoms with Crippen LogP contribution in [-0.4, -0.2) is 24.1 Å². The summed E-state index contributed by atoms with van der Waals surface area (Å²) in [5, 5.41) is 3.42. The molecule has 0 spiro atoms. The van der Waals surface area contributed by atoms with E-state index >= 15 is 0 Å². The third kappa shape index (κ3) is 11.7. The normalized spacial score (nSPS) is 13.4. The molecule has 0 aromatic carbocycles. The fourth-order valence-corrected chi connectivity index (χ4v) is 0.794. The zero-order valence-corrected chi connectivity index (χ0v) is 10.3. The van der Waals surface area contributed by atoms with Gasteiger partial charge < -0.3 is 10.3 Å². The molecular weight excluding hydrogens is 252 g/mol. The first-order chi connectivity index (χ1) is 6.14. The van der Waals surface area contributed by atoms with Gasteiger partial charge in [0.05, 0.1) is 0 Å². The van der Waals surface area contributed by atoms with Crippen molar-refractivity contribution in [2.24, 2.45) is 4.99 Å². The van der Waals surface area contributed by atoms with Gasteiger partial charge in [0.1, 0.15) is 0 Å². The van der Waals surface area contributed by atoms with Crippen molar-refractivity contribution in [1.82, 2.24) is 0 Å².